The Kier molecular flexibility index (Phi) is 4.94. The summed E-state index contributed by atoms with van der Waals surface area (Å²) < 4.78 is 20.1. The maximum Gasteiger partial charge on any atom is 0.256 e. The van der Waals surface area contributed by atoms with Crippen molar-refractivity contribution in [3.63, 3.8) is 0 Å². The van der Waals surface area contributed by atoms with Gasteiger partial charge < -0.3 is 9.64 Å². The minimum Gasteiger partial charge on any atom is -0.370 e. The summed E-state index contributed by atoms with van der Waals surface area (Å²) >= 11 is 0. The molecule has 1 atom stereocenters. The third-order valence-corrected chi connectivity index (χ3v) is 4.48. The number of rotatable bonds is 3. The highest BCUT2D eigenvalue weighted by Gasteiger charge is 2.25. The van der Waals surface area contributed by atoms with E-state index in [1.807, 2.05) is 0 Å². The molecule has 1 aliphatic heterocycles. The van der Waals surface area contributed by atoms with Crippen molar-refractivity contribution < 1.29 is 13.9 Å². The average Bonchev–Trinajstić information content (AvgIpc) is 2.63. The van der Waals surface area contributed by atoms with Gasteiger partial charge in [0.2, 0.25) is 5.91 Å². The highest BCUT2D eigenvalue weighted by atomic mass is 19.1. The van der Waals surface area contributed by atoms with E-state index in [1.54, 1.807) is 30.9 Å². The normalized spacial score (nSPS) is 17.6. The lowest BCUT2D eigenvalue weighted by molar-refractivity contribution is -0.139. The summed E-state index contributed by atoms with van der Waals surface area (Å²) in [6, 6.07) is 6.07. The first-order valence-electron chi connectivity index (χ1n) is 8.13. The molecule has 1 saturated heterocycles. The Morgan fingerprint density at radius 1 is 1.32 bits per heavy atom. The summed E-state index contributed by atoms with van der Waals surface area (Å²) in [6.45, 7) is 4.64. The third kappa shape index (κ3) is 3.76. The van der Waals surface area contributed by atoms with Crippen LogP contribution in [0, 0.1) is 19.7 Å². The number of hydrogen-bond acceptors (Lipinski definition) is 4. The van der Waals surface area contributed by atoms with Gasteiger partial charge >= 0.3 is 0 Å². The Morgan fingerprint density at radius 3 is 2.76 bits per heavy atom. The van der Waals surface area contributed by atoms with Crippen molar-refractivity contribution in [2.45, 2.75) is 26.5 Å². The van der Waals surface area contributed by atoms with Crippen LogP contribution in [0.2, 0.25) is 0 Å². The van der Waals surface area contributed by atoms with Gasteiger partial charge in [-0.15, -0.1) is 0 Å². The molecule has 1 amide bonds. The van der Waals surface area contributed by atoms with Gasteiger partial charge in [-0.25, -0.2) is 9.37 Å². The predicted molar refractivity (Wildman–Crippen MR) is 89.6 cm³/mol. The zero-order chi connectivity index (χ0) is 18.0. The summed E-state index contributed by atoms with van der Waals surface area (Å²) in [6.07, 6.45) is 1.11. The quantitative estimate of drug-likeness (QED) is 0.848. The van der Waals surface area contributed by atoms with Crippen molar-refractivity contribution >= 4 is 5.91 Å². The van der Waals surface area contributed by atoms with E-state index in [0.717, 1.165) is 5.56 Å². The van der Waals surface area contributed by atoms with Crippen LogP contribution in [0.4, 0.5) is 4.39 Å². The van der Waals surface area contributed by atoms with Crippen LogP contribution in [0.25, 0.3) is 0 Å². The van der Waals surface area contributed by atoms with E-state index < -0.39 is 0 Å². The monoisotopic (exact) mass is 345 g/mol. The largest absolute Gasteiger partial charge is 0.370 e. The van der Waals surface area contributed by atoms with Crippen LogP contribution in [0.1, 0.15) is 22.9 Å². The smallest absolute Gasteiger partial charge is 0.256 e. The van der Waals surface area contributed by atoms with Gasteiger partial charge in [-0.2, -0.15) is 0 Å². The van der Waals surface area contributed by atoms with Crippen molar-refractivity contribution in [3.8, 4) is 0 Å². The van der Waals surface area contributed by atoms with Gasteiger partial charge in [-0.3, -0.25) is 14.2 Å². The number of benzene rings is 1. The molecule has 1 fully saturated rings. The summed E-state index contributed by atoms with van der Waals surface area (Å²) in [4.78, 5) is 30.6. The standard InChI is InChI=1S/C18H20FN3O3/c1-12-13(2)20-11-22(18(12)24)10-17(23)21-7-8-25-16(9-21)14-3-5-15(19)6-4-14/h3-6,11,16H,7-10H2,1-2H3/t16-/m0/s1. The molecule has 1 aromatic heterocycles. The van der Waals surface area contributed by atoms with E-state index in [-0.39, 0.29) is 29.9 Å². The Labute approximate surface area is 144 Å². The number of carbonyl (C=O) groups is 1. The first-order valence-corrected chi connectivity index (χ1v) is 8.13. The highest BCUT2D eigenvalue weighted by molar-refractivity contribution is 5.76. The van der Waals surface area contributed by atoms with E-state index in [1.165, 1.54) is 23.0 Å². The van der Waals surface area contributed by atoms with Gasteiger partial charge in [-0.05, 0) is 31.5 Å². The highest BCUT2D eigenvalue weighted by Crippen LogP contribution is 2.22. The number of ether oxygens (including phenoxy) is 1. The molecule has 132 valence electrons. The molecule has 1 aliphatic rings. The molecule has 0 aliphatic carbocycles. The lowest BCUT2D eigenvalue weighted by Gasteiger charge is -2.33. The molecule has 25 heavy (non-hydrogen) atoms. The number of aromatic nitrogens is 2. The fourth-order valence-corrected chi connectivity index (χ4v) is 2.79. The topological polar surface area (TPSA) is 64.4 Å². The molecule has 0 unspecified atom stereocenters. The van der Waals surface area contributed by atoms with Crippen LogP contribution >= 0.6 is 0 Å². The lowest BCUT2D eigenvalue weighted by Crippen LogP contribution is -2.44. The van der Waals surface area contributed by atoms with Crippen molar-refractivity contribution in [1.29, 1.82) is 0 Å². The number of aryl methyl sites for hydroxylation is 1. The second kappa shape index (κ2) is 7.14. The molecule has 0 saturated carbocycles. The number of carbonyl (C=O) groups excluding carboxylic acids is 1. The van der Waals surface area contributed by atoms with E-state index in [2.05, 4.69) is 4.98 Å². The van der Waals surface area contributed by atoms with Gasteiger partial charge in [0.15, 0.2) is 0 Å². The van der Waals surface area contributed by atoms with Crippen LogP contribution in [0.5, 0.6) is 0 Å². The van der Waals surface area contributed by atoms with Gasteiger partial charge in [0.1, 0.15) is 18.5 Å². The van der Waals surface area contributed by atoms with Crippen molar-refractivity contribution in [2.75, 3.05) is 19.7 Å². The van der Waals surface area contributed by atoms with Crippen LogP contribution in [0.15, 0.2) is 35.4 Å². The van der Waals surface area contributed by atoms with Crippen LogP contribution in [-0.4, -0.2) is 40.1 Å². The Hall–Kier alpha value is -2.54. The number of morpholine rings is 1. The molecular formula is C18H20FN3O3. The van der Waals surface area contributed by atoms with Crippen molar-refractivity contribution in [3.05, 3.63) is 63.6 Å². The van der Waals surface area contributed by atoms with Gasteiger partial charge in [-0.1, -0.05) is 12.1 Å². The predicted octanol–water partition coefficient (Wildman–Crippen LogP) is 1.60. The summed E-state index contributed by atoms with van der Waals surface area (Å²) in [5.74, 6) is -0.475. The molecule has 2 aromatic rings. The molecule has 7 heteroatoms. The van der Waals surface area contributed by atoms with Gasteiger partial charge in [0.05, 0.1) is 19.5 Å². The Bertz CT molecular complexity index is 832. The molecular weight excluding hydrogens is 325 g/mol. The zero-order valence-electron chi connectivity index (χ0n) is 14.2. The summed E-state index contributed by atoms with van der Waals surface area (Å²) in [7, 11) is 0. The molecule has 0 radical (unpaired) electrons. The SMILES string of the molecule is Cc1ncn(CC(=O)N2CCO[C@H](c3ccc(F)cc3)C2)c(=O)c1C. The minimum absolute atomic E-state index is 0.0525. The minimum atomic E-state index is -0.311. The zero-order valence-corrected chi connectivity index (χ0v) is 14.2. The summed E-state index contributed by atoms with van der Waals surface area (Å²) in [5, 5.41) is 0. The molecule has 3 rings (SSSR count). The van der Waals surface area contributed by atoms with Gasteiger partial charge in [0, 0.05) is 17.8 Å². The lowest BCUT2D eigenvalue weighted by atomic mass is 10.1. The maximum atomic E-state index is 13.1. The Balaban J connectivity index is 1.71. The number of halogens is 1. The molecule has 6 nitrogen and oxygen atoms in total. The molecule has 0 N–H and O–H groups in total. The van der Waals surface area contributed by atoms with Crippen LogP contribution < -0.4 is 5.56 Å². The van der Waals surface area contributed by atoms with Gasteiger partial charge in [0.25, 0.3) is 5.56 Å². The fraction of sp³-hybridized carbons (Fsp3) is 0.389. The molecule has 1 aromatic carbocycles. The average molecular weight is 345 g/mol. The van der Waals surface area contributed by atoms with Crippen LogP contribution in [-0.2, 0) is 16.1 Å². The van der Waals surface area contributed by atoms with E-state index in [9.17, 15) is 14.0 Å². The van der Waals surface area contributed by atoms with Crippen molar-refractivity contribution in [1.82, 2.24) is 14.5 Å². The van der Waals surface area contributed by atoms with Crippen molar-refractivity contribution in [2.24, 2.45) is 0 Å². The maximum absolute atomic E-state index is 13.1. The number of nitrogens with zero attached hydrogens (tertiary/aromatic N) is 3. The Morgan fingerprint density at radius 2 is 2.04 bits per heavy atom. The molecule has 0 bridgehead atoms. The molecule has 2 heterocycles. The first-order chi connectivity index (χ1) is 12.0. The molecule has 0 spiro atoms. The first kappa shape index (κ1) is 17.3. The second-order valence-electron chi connectivity index (χ2n) is 6.14. The summed E-state index contributed by atoms with van der Waals surface area (Å²) in [5.41, 5.74) is 1.83. The van der Waals surface area contributed by atoms with E-state index >= 15 is 0 Å². The second-order valence-corrected chi connectivity index (χ2v) is 6.14. The number of amides is 1. The van der Waals surface area contributed by atoms with E-state index in [0.29, 0.717) is 31.0 Å². The fourth-order valence-electron chi connectivity index (χ4n) is 2.79. The van der Waals surface area contributed by atoms with Crippen LogP contribution in [0.3, 0.4) is 0 Å². The number of hydrogen-bond donors (Lipinski definition) is 0. The third-order valence-electron chi connectivity index (χ3n) is 4.48. The van der Waals surface area contributed by atoms with E-state index in [4.69, 9.17) is 4.74 Å².